The number of amides is 2. The van der Waals surface area contributed by atoms with Gasteiger partial charge in [0.2, 0.25) is 0 Å². The molecule has 2 aliphatic heterocycles. The Morgan fingerprint density at radius 1 is 1.06 bits per heavy atom. The van der Waals surface area contributed by atoms with E-state index in [1.807, 2.05) is 42.2 Å². The number of thiocarbonyl (C=S) groups is 1. The Hall–Kier alpha value is -3.04. The van der Waals surface area contributed by atoms with Crippen molar-refractivity contribution in [3.63, 3.8) is 0 Å². The summed E-state index contributed by atoms with van der Waals surface area (Å²) in [7, 11) is 1.67. The third kappa shape index (κ3) is 5.53. The van der Waals surface area contributed by atoms with E-state index in [-0.39, 0.29) is 18.4 Å². The molecule has 2 aromatic rings. The lowest BCUT2D eigenvalue weighted by Crippen LogP contribution is -2.50. The van der Waals surface area contributed by atoms with Crippen molar-refractivity contribution in [1.82, 2.24) is 9.80 Å². The van der Waals surface area contributed by atoms with E-state index in [0.29, 0.717) is 40.4 Å². The third-order valence-corrected chi connectivity index (χ3v) is 7.14. The van der Waals surface area contributed by atoms with Gasteiger partial charge in [0.05, 0.1) is 11.5 Å². The molecule has 2 saturated heterocycles. The number of carbonyl (C=O) groups excluding carboxylic acids is 2. The minimum Gasteiger partial charge on any atom is -0.490 e. The normalized spacial score (nSPS) is 17.5. The van der Waals surface area contributed by atoms with Crippen LogP contribution in [-0.4, -0.2) is 72.4 Å². The van der Waals surface area contributed by atoms with Crippen LogP contribution in [0.4, 0.5) is 5.69 Å². The van der Waals surface area contributed by atoms with Gasteiger partial charge in [0, 0.05) is 38.9 Å². The van der Waals surface area contributed by atoms with Crippen LogP contribution in [0.15, 0.2) is 53.4 Å². The first-order valence-corrected chi connectivity index (χ1v) is 12.4. The highest BCUT2D eigenvalue weighted by atomic mass is 32.2. The molecule has 0 aromatic heterocycles. The fourth-order valence-electron chi connectivity index (χ4n) is 3.78. The number of nitrogens with zero attached hydrogens (tertiary/aromatic N) is 3. The molecule has 9 heteroatoms. The van der Waals surface area contributed by atoms with E-state index >= 15 is 0 Å². The van der Waals surface area contributed by atoms with Gasteiger partial charge in [0.25, 0.3) is 11.8 Å². The summed E-state index contributed by atoms with van der Waals surface area (Å²) in [4.78, 5) is 31.2. The summed E-state index contributed by atoms with van der Waals surface area (Å²) in [5.74, 6) is 0.861. The molecule has 2 heterocycles. The summed E-state index contributed by atoms with van der Waals surface area (Å²) in [5, 5.41) is 0. The van der Waals surface area contributed by atoms with Crippen LogP contribution in [0.3, 0.4) is 0 Å². The van der Waals surface area contributed by atoms with Gasteiger partial charge >= 0.3 is 0 Å². The molecule has 34 heavy (non-hydrogen) atoms. The number of carbonyl (C=O) groups is 2. The molecule has 0 spiro atoms. The van der Waals surface area contributed by atoms with Crippen LogP contribution < -0.4 is 14.4 Å². The van der Waals surface area contributed by atoms with Crippen molar-refractivity contribution in [2.75, 3.05) is 51.3 Å². The summed E-state index contributed by atoms with van der Waals surface area (Å²) in [5.41, 5.74) is 1.97. The average Bonchev–Trinajstić information content (AvgIpc) is 3.10. The van der Waals surface area contributed by atoms with Gasteiger partial charge in [-0.1, -0.05) is 48.2 Å². The Balaban J connectivity index is 1.36. The molecule has 0 N–H and O–H groups in total. The zero-order chi connectivity index (χ0) is 24.1. The molecule has 178 valence electrons. The predicted octanol–water partition coefficient (Wildman–Crippen LogP) is 3.64. The Morgan fingerprint density at radius 2 is 1.79 bits per heavy atom. The molecule has 4 rings (SSSR count). The second-order valence-electron chi connectivity index (χ2n) is 7.87. The maximum atomic E-state index is 12.8. The zero-order valence-corrected chi connectivity index (χ0v) is 20.9. The molecule has 2 fully saturated rings. The molecule has 2 aliphatic rings. The lowest BCUT2D eigenvalue weighted by Gasteiger charge is -2.36. The van der Waals surface area contributed by atoms with Gasteiger partial charge < -0.3 is 19.3 Å². The van der Waals surface area contributed by atoms with E-state index in [0.717, 1.165) is 18.7 Å². The molecule has 0 atom stereocenters. The molecule has 0 saturated carbocycles. The molecule has 0 radical (unpaired) electrons. The van der Waals surface area contributed by atoms with Crippen LogP contribution in [-0.2, 0) is 9.59 Å². The van der Waals surface area contributed by atoms with Crippen LogP contribution in [0.2, 0.25) is 0 Å². The lowest BCUT2D eigenvalue weighted by molar-refractivity contribution is -0.133. The standard InChI is InChI=1S/C25H27N3O4S2/c1-3-31-21-15-18(16-22-24(30)26(2)25(33)34-22)9-10-20(21)32-17-23(29)28-13-11-27(12-14-28)19-7-5-4-6-8-19/h4-10,15-16H,3,11-14,17H2,1-2H3. The lowest BCUT2D eigenvalue weighted by atomic mass is 10.2. The van der Waals surface area contributed by atoms with Gasteiger partial charge in [-0.2, -0.15) is 0 Å². The van der Waals surface area contributed by atoms with E-state index in [2.05, 4.69) is 17.0 Å². The number of ether oxygens (including phenoxy) is 2. The highest BCUT2D eigenvalue weighted by molar-refractivity contribution is 8.26. The van der Waals surface area contributed by atoms with Gasteiger partial charge in [-0.05, 0) is 42.8 Å². The Bertz CT molecular complexity index is 1100. The van der Waals surface area contributed by atoms with Crippen LogP contribution in [0, 0.1) is 0 Å². The minimum atomic E-state index is -0.119. The number of piperazine rings is 1. The maximum absolute atomic E-state index is 12.8. The number of hydrogen-bond donors (Lipinski definition) is 0. The smallest absolute Gasteiger partial charge is 0.265 e. The number of para-hydroxylation sites is 1. The van der Waals surface area contributed by atoms with Gasteiger partial charge in [-0.15, -0.1) is 0 Å². The molecular formula is C25H27N3O4S2. The first kappa shape index (κ1) is 24.1. The first-order chi connectivity index (χ1) is 16.5. The van der Waals surface area contributed by atoms with Crippen molar-refractivity contribution in [2.45, 2.75) is 6.92 Å². The molecule has 2 aromatic carbocycles. The van der Waals surface area contributed by atoms with Crippen molar-refractivity contribution in [3.05, 3.63) is 59.0 Å². The molecule has 0 bridgehead atoms. The van der Waals surface area contributed by atoms with E-state index < -0.39 is 0 Å². The van der Waals surface area contributed by atoms with Gasteiger partial charge in [-0.3, -0.25) is 14.5 Å². The summed E-state index contributed by atoms with van der Waals surface area (Å²) in [6.07, 6.45) is 1.78. The van der Waals surface area contributed by atoms with Gasteiger partial charge in [-0.25, -0.2) is 0 Å². The number of benzene rings is 2. The van der Waals surface area contributed by atoms with E-state index in [4.69, 9.17) is 21.7 Å². The second kappa shape index (κ2) is 10.9. The summed E-state index contributed by atoms with van der Waals surface area (Å²) in [6.45, 7) is 5.17. The summed E-state index contributed by atoms with van der Waals surface area (Å²) in [6, 6.07) is 15.6. The van der Waals surface area contributed by atoms with E-state index in [1.165, 1.54) is 22.3 Å². The topological polar surface area (TPSA) is 62.3 Å². The number of rotatable bonds is 7. The summed E-state index contributed by atoms with van der Waals surface area (Å²) < 4.78 is 12.1. The van der Waals surface area contributed by atoms with Gasteiger partial charge in [0.1, 0.15) is 4.32 Å². The number of anilines is 1. The van der Waals surface area contributed by atoms with Gasteiger partial charge in [0.15, 0.2) is 18.1 Å². The van der Waals surface area contributed by atoms with Crippen molar-refractivity contribution in [3.8, 4) is 11.5 Å². The predicted molar refractivity (Wildman–Crippen MR) is 139 cm³/mol. The highest BCUT2D eigenvalue weighted by Gasteiger charge is 2.28. The molecule has 7 nitrogen and oxygen atoms in total. The quantitative estimate of drug-likeness (QED) is 0.428. The molecule has 0 aliphatic carbocycles. The van der Waals surface area contributed by atoms with Crippen LogP contribution in [0.1, 0.15) is 12.5 Å². The van der Waals surface area contributed by atoms with Crippen LogP contribution in [0.5, 0.6) is 11.5 Å². The number of hydrogen-bond acceptors (Lipinski definition) is 7. The SMILES string of the molecule is CCOc1cc(C=C2SC(=S)N(C)C2=O)ccc1OCC(=O)N1CCN(c2ccccc2)CC1. The Morgan fingerprint density at radius 3 is 2.44 bits per heavy atom. The molecule has 0 unspecified atom stereocenters. The second-order valence-corrected chi connectivity index (χ2v) is 9.55. The molecular weight excluding hydrogens is 470 g/mol. The maximum Gasteiger partial charge on any atom is 0.265 e. The highest BCUT2D eigenvalue weighted by Crippen LogP contribution is 2.34. The number of likely N-dealkylation sites (N-methyl/N-ethyl adjacent to an activating group) is 1. The Kier molecular flexibility index (Phi) is 7.74. The summed E-state index contributed by atoms with van der Waals surface area (Å²) >= 11 is 6.46. The Labute approximate surface area is 209 Å². The van der Waals surface area contributed by atoms with Crippen molar-refractivity contribution in [2.24, 2.45) is 0 Å². The van der Waals surface area contributed by atoms with E-state index in [1.54, 1.807) is 19.2 Å². The number of thioether (sulfide) groups is 1. The van der Waals surface area contributed by atoms with Crippen molar-refractivity contribution >= 4 is 51.9 Å². The zero-order valence-electron chi connectivity index (χ0n) is 19.2. The van der Waals surface area contributed by atoms with Crippen molar-refractivity contribution < 1.29 is 19.1 Å². The fourth-order valence-corrected chi connectivity index (χ4v) is 4.96. The largest absolute Gasteiger partial charge is 0.490 e. The van der Waals surface area contributed by atoms with Crippen LogP contribution in [0.25, 0.3) is 6.08 Å². The van der Waals surface area contributed by atoms with Crippen molar-refractivity contribution in [1.29, 1.82) is 0 Å². The minimum absolute atomic E-state index is 0.0501. The average molecular weight is 498 g/mol. The fraction of sp³-hybridized carbons (Fsp3) is 0.320. The van der Waals surface area contributed by atoms with Crippen LogP contribution >= 0.6 is 24.0 Å². The molecule has 2 amide bonds. The monoisotopic (exact) mass is 497 g/mol. The van der Waals surface area contributed by atoms with E-state index in [9.17, 15) is 9.59 Å². The first-order valence-electron chi connectivity index (χ1n) is 11.1. The third-order valence-electron chi connectivity index (χ3n) is 5.66.